The molecule has 0 aromatic heterocycles. The number of carboxylic acid groups (broad SMARTS) is 1. The van der Waals surface area contributed by atoms with Gasteiger partial charge < -0.3 is 10.0 Å². The van der Waals surface area contributed by atoms with Crippen molar-refractivity contribution in [1.82, 2.24) is 4.90 Å². The molecule has 1 aromatic carbocycles. The monoisotopic (exact) mass is 347 g/mol. The van der Waals surface area contributed by atoms with E-state index in [9.17, 15) is 14.7 Å². The molecular weight excluding hydrogens is 334 g/mol. The van der Waals surface area contributed by atoms with Crippen LogP contribution in [0.25, 0.3) is 0 Å². The molecule has 4 nitrogen and oxygen atoms in total. The Morgan fingerprint density at radius 2 is 1.95 bits per heavy atom. The minimum absolute atomic E-state index is 0.232. The van der Waals surface area contributed by atoms with Gasteiger partial charge in [0.25, 0.3) is 0 Å². The van der Waals surface area contributed by atoms with Gasteiger partial charge in [-0.2, -0.15) is 0 Å². The van der Waals surface area contributed by atoms with Crippen LogP contribution in [0.2, 0.25) is 5.02 Å². The smallest absolute Gasteiger partial charge is 0.331 e. The summed E-state index contributed by atoms with van der Waals surface area (Å²) in [5, 5.41) is 9.88. The standard InChI is InChI=1S/C13H15BrClNO3/c1-7(2)16(8(3)17)12(13(18)19)10-6-9(15)4-5-11(10)14/h4-7,12H,1-3H3,(H,18,19). The molecule has 0 saturated carbocycles. The minimum atomic E-state index is -1.09. The van der Waals surface area contributed by atoms with E-state index in [-0.39, 0.29) is 11.9 Å². The van der Waals surface area contributed by atoms with E-state index in [0.29, 0.717) is 15.1 Å². The Hall–Kier alpha value is -1.07. The van der Waals surface area contributed by atoms with Crippen LogP contribution in [0, 0.1) is 0 Å². The van der Waals surface area contributed by atoms with Crippen LogP contribution < -0.4 is 0 Å². The summed E-state index contributed by atoms with van der Waals surface area (Å²) in [6.45, 7) is 4.90. The molecule has 104 valence electrons. The Kier molecular flexibility index (Phi) is 5.38. The molecule has 0 spiro atoms. The third kappa shape index (κ3) is 3.70. The van der Waals surface area contributed by atoms with Crippen LogP contribution in [0.4, 0.5) is 0 Å². The van der Waals surface area contributed by atoms with Gasteiger partial charge in [0, 0.05) is 28.0 Å². The zero-order valence-electron chi connectivity index (χ0n) is 10.9. The predicted octanol–water partition coefficient (Wildman–Crippen LogP) is 3.49. The molecule has 0 aliphatic rings. The second-order valence-electron chi connectivity index (χ2n) is 4.43. The Labute approximate surface area is 125 Å². The second kappa shape index (κ2) is 6.39. The highest BCUT2D eigenvalue weighted by molar-refractivity contribution is 9.10. The zero-order valence-corrected chi connectivity index (χ0v) is 13.2. The molecule has 1 N–H and O–H groups in total. The maximum atomic E-state index is 11.7. The summed E-state index contributed by atoms with van der Waals surface area (Å²) in [5.41, 5.74) is 0.462. The van der Waals surface area contributed by atoms with Crippen molar-refractivity contribution in [3.05, 3.63) is 33.3 Å². The second-order valence-corrected chi connectivity index (χ2v) is 5.72. The number of halogens is 2. The number of hydrogen-bond acceptors (Lipinski definition) is 2. The third-order valence-corrected chi connectivity index (χ3v) is 3.64. The molecule has 0 fully saturated rings. The quantitative estimate of drug-likeness (QED) is 0.906. The number of hydrogen-bond donors (Lipinski definition) is 1. The van der Waals surface area contributed by atoms with E-state index in [4.69, 9.17) is 11.6 Å². The van der Waals surface area contributed by atoms with E-state index in [1.165, 1.54) is 11.8 Å². The number of aliphatic carboxylic acids is 1. The molecule has 0 bridgehead atoms. The van der Waals surface area contributed by atoms with Gasteiger partial charge in [-0.25, -0.2) is 4.79 Å². The van der Waals surface area contributed by atoms with Gasteiger partial charge in [0.15, 0.2) is 6.04 Å². The van der Waals surface area contributed by atoms with Gasteiger partial charge in [-0.05, 0) is 32.0 Å². The Balaban J connectivity index is 3.38. The summed E-state index contributed by atoms with van der Waals surface area (Å²) in [5.74, 6) is -1.39. The SMILES string of the molecule is CC(=O)N(C(C)C)C(C(=O)O)c1cc(Cl)ccc1Br. The number of carbonyl (C=O) groups is 2. The maximum absolute atomic E-state index is 11.7. The average Bonchev–Trinajstić information content (AvgIpc) is 2.27. The van der Waals surface area contributed by atoms with Crippen LogP contribution >= 0.6 is 27.5 Å². The van der Waals surface area contributed by atoms with E-state index in [1.54, 1.807) is 32.0 Å². The molecule has 1 amide bonds. The summed E-state index contributed by atoms with van der Waals surface area (Å²) >= 11 is 9.22. The Morgan fingerprint density at radius 3 is 2.37 bits per heavy atom. The van der Waals surface area contributed by atoms with E-state index in [2.05, 4.69) is 15.9 Å². The van der Waals surface area contributed by atoms with Crippen LogP contribution in [-0.4, -0.2) is 27.9 Å². The topological polar surface area (TPSA) is 57.6 Å². The van der Waals surface area contributed by atoms with Crippen LogP contribution in [-0.2, 0) is 9.59 Å². The lowest BCUT2D eigenvalue weighted by Crippen LogP contribution is -2.42. The summed E-state index contributed by atoms with van der Waals surface area (Å²) in [4.78, 5) is 24.6. The van der Waals surface area contributed by atoms with Crippen molar-refractivity contribution in [1.29, 1.82) is 0 Å². The average molecular weight is 349 g/mol. The Bertz CT molecular complexity index is 505. The summed E-state index contributed by atoms with van der Waals surface area (Å²) in [7, 11) is 0. The van der Waals surface area contributed by atoms with Crippen molar-refractivity contribution >= 4 is 39.4 Å². The first-order valence-electron chi connectivity index (χ1n) is 5.72. The number of carboxylic acids is 1. The molecule has 0 saturated heterocycles. The lowest BCUT2D eigenvalue weighted by Gasteiger charge is -2.32. The van der Waals surface area contributed by atoms with Gasteiger partial charge in [-0.1, -0.05) is 27.5 Å². The summed E-state index contributed by atoms with van der Waals surface area (Å²) in [6.07, 6.45) is 0. The van der Waals surface area contributed by atoms with Crippen molar-refractivity contribution in [2.45, 2.75) is 32.9 Å². The lowest BCUT2D eigenvalue weighted by molar-refractivity contribution is -0.151. The van der Waals surface area contributed by atoms with Gasteiger partial charge in [0.2, 0.25) is 5.91 Å². The fraction of sp³-hybridized carbons (Fsp3) is 0.385. The molecule has 1 aromatic rings. The number of amides is 1. The number of benzene rings is 1. The van der Waals surface area contributed by atoms with Crippen molar-refractivity contribution < 1.29 is 14.7 Å². The molecule has 0 radical (unpaired) electrons. The number of rotatable bonds is 4. The van der Waals surface area contributed by atoms with Gasteiger partial charge in [0.1, 0.15) is 0 Å². The molecule has 1 atom stereocenters. The van der Waals surface area contributed by atoms with Crippen LogP contribution in [0.15, 0.2) is 22.7 Å². The van der Waals surface area contributed by atoms with Crippen LogP contribution in [0.1, 0.15) is 32.4 Å². The first-order valence-corrected chi connectivity index (χ1v) is 6.89. The molecule has 0 aliphatic carbocycles. The van der Waals surface area contributed by atoms with Gasteiger partial charge in [-0.3, -0.25) is 4.79 Å². The molecular formula is C13H15BrClNO3. The van der Waals surface area contributed by atoms with Gasteiger partial charge >= 0.3 is 5.97 Å². The lowest BCUT2D eigenvalue weighted by atomic mass is 10.0. The normalized spacial score (nSPS) is 12.3. The van der Waals surface area contributed by atoms with Crippen molar-refractivity contribution in [2.75, 3.05) is 0 Å². The highest BCUT2D eigenvalue weighted by Crippen LogP contribution is 2.32. The Morgan fingerprint density at radius 1 is 1.37 bits per heavy atom. The molecule has 1 unspecified atom stereocenters. The van der Waals surface area contributed by atoms with E-state index in [0.717, 1.165) is 0 Å². The highest BCUT2D eigenvalue weighted by atomic mass is 79.9. The number of carbonyl (C=O) groups excluding carboxylic acids is 1. The van der Waals surface area contributed by atoms with Crippen molar-refractivity contribution in [2.24, 2.45) is 0 Å². The van der Waals surface area contributed by atoms with Crippen LogP contribution in [0.5, 0.6) is 0 Å². The maximum Gasteiger partial charge on any atom is 0.331 e. The first kappa shape index (κ1) is 16.0. The zero-order chi connectivity index (χ0) is 14.7. The highest BCUT2D eigenvalue weighted by Gasteiger charge is 2.32. The molecule has 0 heterocycles. The molecule has 1 rings (SSSR count). The van der Waals surface area contributed by atoms with Crippen molar-refractivity contribution in [3.8, 4) is 0 Å². The predicted molar refractivity (Wildman–Crippen MR) is 77.2 cm³/mol. The first-order chi connectivity index (χ1) is 8.75. The van der Waals surface area contributed by atoms with E-state index >= 15 is 0 Å². The fourth-order valence-corrected chi connectivity index (χ4v) is 2.61. The minimum Gasteiger partial charge on any atom is -0.479 e. The van der Waals surface area contributed by atoms with Gasteiger partial charge in [-0.15, -0.1) is 0 Å². The van der Waals surface area contributed by atoms with Gasteiger partial charge in [0.05, 0.1) is 0 Å². The van der Waals surface area contributed by atoms with Crippen LogP contribution in [0.3, 0.4) is 0 Å². The third-order valence-electron chi connectivity index (χ3n) is 2.68. The summed E-state index contributed by atoms with van der Waals surface area (Å²) < 4.78 is 0.608. The molecule has 0 aliphatic heterocycles. The number of nitrogens with zero attached hydrogens (tertiary/aromatic N) is 1. The van der Waals surface area contributed by atoms with E-state index < -0.39 is 12.0 Å². The van der Waals surface area contributed by atoms with Crippen molar-refractivity contribution in [3.63, 3.8) is 0 Å². The fourth-order valence-electron chi connectivity index (χ4n) is 1.97. The molecule has 19 heavy (non-hydrogen) atoms. The summed E-state index contributed by atoms with van der Waals surface area (Å²) in [6, 6.07) is 3.59. The largest absolute Gasteiger partial charge is 0.479 e. The van der Waals surface area contributed by atoms with E-state index in [1.807, 2.05) is 0 Å². The molecule has 6 heteroatoms.